The first kappa shape index (κ1) is 16.9. The third-order valence-corrected chi connectivity index (χ3v) is 4.22. The van der Waals surface area contributed by atoms with Gasteiger partial charge in [-0.3, -0.25) is 4.99 Å². The van der Waals surface area contributed by atoms with Gasteiger partial charge in [0, 0.05) is 17.0 Å². The fourth-order valence-corrected chi connectivity index (χ4v) is 2.92. The maximum absolute atomic E-state index is 12.4. The summed E-state index contributed by atoms with van der Waals surface area (Å²) in [5, 5.41) is 0. The Balaban J connectivity index is 2.07. The molecular formula is C22H21NO2. The minimum Gasteiger partial charge on any atom is -0.467 e. The van der Waals surface area contributed by atoms with Crippen LogP contribution in [0.15, 0.2) is 90.0 Å². The Kier molecular flexibility index (Phi) is 5.57. The van der Waals surface area contributed by atoms with E-state index >= 15 is 0 Å². The average molecular weight is 331 g/mol. The molecule has 0 fully saturated rings. The Morgan fingerprint density at radius 2 is 1.60 bits per heavy atom. The van der Waals surface area contributed by atoms with Crippen LogP contribution in [0.2, 0.25) is 0 Å². The molecule has 0 heterocycles. The zero-order chi connectivity index (χ0) is 17.5. The van der Waals surface area contributed by atoms with Crippen LogP contribution in [0.1, 0.15) is 17.5 Å². The second kappa shape index (κ2) is 8.25. The molecule has 126 valence electrons. The van der Waals surface area contributed by atoms with E-state index in [2.05, 4.69) is 6.08 Å². The molecule has 0 saturated carbocycles. The van der Waals surface area contributed by atoms with Gasteiger partial charge >= 0.3 is 5.97 Å². The van der Waals surface area contributed by atoms with E-state index in [-0.39, 0.29) is 11.9 Å². The summed E-state index contributed by atoms with van der Waals surface area (Å²) in [6.45, 7) is 0. The fraction of sp³-hybridized carbons (Fsp3) is 0.182. The SMILES string of the molecule is COC(=O)C(N=C(c1ccccc1)c1ccccc1)[C@H]1C=CC=CC1. The molecule has 0 N–H and O–H groups in total. The quantitative estimate of drug-likeness (QED) is 0.608. The smallest absolute Gasteiger partial charge is 0.331 e. The molecule has 3 nitrogen and oxygen atoms in total. The summed E-state index contributed by atoms with van der Waals surface area (Å²) in [6, 6.07) is 19.3. The van der Waals surface area contributed by atoms with Gasteiger partial charge < -0.3 is 4.74 Å². The molecule has 0 amide bonds. The number of carbonyl (C=O) groups is 1. The second-order valence-electron chi connectivity index (χ2n) is 5.89. The van der Waals surface area contributed by atoms with Gasteiger partial charge in [0.2, 0.25) is 0 Å². The highest BCUT2D eigenvalue weighted by atomic mass is 16.5. The number of hydrogen-bond donors (Lipinski definition) is 0. The number of hydrogen-bond acceptors (Lipinski definition) is 3. The van der Waals surface area contributed by atoms with E-state index < -0.39 is 6.04 Å². The molecule has 25 heavy (non-hydrogen) atoms. The van der Waals surface area contributed by atoms with Crippen molar-refractivity contribution < 1.29 is 9.53 Å². The zero-order valence-electron chi connectivity index (χ0n) is 14.2. The van der Waals surface area contributed by atoms with E-state index in [0.717, 1.165) is 23.3 Å². The highest BCUT2D eigenvalue weighted by molar-refractivity contribution is 6.13. The monoisotopic (exact) mass is 331 g/mol. The van der Waals surface area contributed by atoms with Crippen LogP contribution in [0.25, 0.3) is 0 Å². The summed E-state index contributed by atoms with van der Waals surface area (Å²) in [7, 11) is 1.41. The van der Waals surface area contributed by atoms with Gasteiger partial charge in [0.1, 0.15) is 0 Å². The van der Waals surface area contributed by atoms with Crippen molar-refractivity contribution in [2.45, 2.75) is 12.5 Å². The Morgan fingerprint density at radius 1 is 1.00 bits per heavy atom. The number of rotatable bonds is 5. The number of methoxy groups -OCH3 is 1. The Bertz CT molecular complexity index is 750. The maximum Gasteiger partial charge on any atom is 0.331 e. The predicted octanol–water partition coefficient (Wildman–Crippen LogP) is 4.20. The number of benzene rings is 2. The summed E-state index contributed by atoms with van der Waals surface area (Å²) >= 11 is 0. The third kappa shape index (κ3) is 4.13. The van der Waals surface area contributed by atoms with Crippen molar-refractivity contribution >= 4 is 11.7 Å². The molecule has 3 heteroatoms. The van der Waals surface area contributed by atoms with Gasteiger partial charge in [0.15, 0.2) is 6.04 Å². The molecule has 2 aromatic rings. The van der Waals surface area contributed by atoms with Crippen molar-refractivity contribution in [3.63, 3.8) is 0 Å². The number of allylic oxidation sites excluding steroid dienone is 3. The molecule has 0 bridgehead atoms. The summed E-state index contributed by atoms with van der Waals surface area (Å²) in [5.41, 5.74) is 2.77. The van der Waals surface area contributed by atoms with Gasteiger partial charge in [-0.2, -0.15) is 0 Å². The van der Waals surface area contributed by atoms with Crippen molar-refractivity contribution in [1.29, 1.82) is 0 Å². The Hall–Kier alpha value is -2.94. The average Bonchev–Trinajstić information content (AvgIpc) is 2.70. The molecule has 2 aromatic carbocycles. The van der Waals surface area contributed by atoms with Crippen molar-refractivity contribution in [2.75, 3.05) is 7.11 Å². The lowest BCUT2D eigenvalue weighted by atomic mass is 9.92. The summed E-state index contributed by atoms with van der Waals surface area (Å²) < 4.78 is 5.03. The van der Waals surface area contributed by atoms with Crippen molar-refractivity contribution in [3.8, 4) is 0 Å². The van der Waals surface area contributed by atoms with Crippen molar-refractivity contribution in [3.05, 3.63) is 96.1 Å². The predicted molar refractivity (Wildman–Crippen MR) is 101 cm³/mol. The minimum absolute atomic E-state index is 0.000116. The zero-order valence-corrected chi connectivity index (χ0v) is 14.2. The lowest BCUT2D eigenvalue weighted by molar-refractivity contribution is -0.142. The Morgan fingerprint density at radius 3 is 2.08 bits per heavy atom. The number of esters is 1. The first-order chi connectivity index (χ1) is 12.3. The molecular weight excluding hydrogens is 310 g/mol. The van der Waals surface area contributed by atoms with Crippen LogP contribution in [-0.2, 0) is 9.53 Å². The molecule has 3 rings (SSSR count). The van der Waals surface area contributed by atoms with Gasteiger partial charge in [-0.05, 0) is 6.42 Å². The number of ether oxygens (including phenoxy) is 1. The molecule has 0 radical (unpaired) electrons. The molecule has 2 atom stereocenters. The lowest BCUT2D eigenvalue weighted by Crippen LogP contribution is -2.30. The van der Waals surface area contributed by atoms with Gasteiger partial charge in [0.25, 0.3) is 0 Å². The fourth-order valence-electron chi connectivity index (χ4n) is 2.92. The molecule has 0 saturated heterocycles. The molecule has 1 unspecified atom stereocenters. The van der Waals surface area contributed by atoms with Crippen molar-refractivity contribution in [2.24, 2.45) is 10.9 Å². The van der Waals surface area contributed by atoms with E-state index in [0.29, 0.717) is 0 Å². The number of nitrogens with zero attached hydrogens (tertiary/aromatic N) is 1. The van der Waals surface area contributed by atoms with Crippen LogP contribution in [-0.4, -0.2) is 24.8 Å². The lowest BCUT2D eigenvalue weighted by Gasteiger charge is -2.21. The molecule has 1 aliphatic rings. The molecule has 0 spiro atoms. The van der Waals surface area contributed by atoms with Crippen LogP contribution < -0.4 is 0 Å². The van der Waals surface area contributed by atoms with Crippen molar-refractivity contribution in [1.82, 2.24) is 0 Å². The van der Waals surface area contributed by atoms with Crippen LogP contribution in [0.3, 0.4) is 0 Å². The summed E-state index contributed by atoms with van der Waals surface area (Å²) in [6.07, 6.45) is 8.81. The largest absolute Gasteiger partial charge is 0.467 e. The first-order valence-electron chi connectivity index (χ1n) is 8.39. The molecule has 0 aromatic heterocycles. The van der Waals surface area contributed by atoms with Gasteiger partial charge in [-0.25, -0.2) is 4.79 Å². The maximum atomic E-state index is 12.4. The summed E-state index contributed by atoms with van der Waals surface area (Å²) in [5.74, 6) is -0.311. The number of aliphatic imine (C=N–C) groups is 1. The van der Waals surface area contributed by atoms with Crippen LogP contribution in [0, 0.1) is 5.92 Å². The normalized spacial score (nSPS) is 16.9. The minimum atomic E-state index is -0.568. The topological polar surface area (TPSA) is 38.7 Å². The highest BCUT2D eigenvalue weighted by Crippen LogP contribution is 2.22. The third-order valence-electron chi connectivity index (χ3n) is 4.22. The summed E-state index contributed by atoms with van der Waals surface area (Å²) in [4.78, 5) is 17.3. The van der Waals surface area contributed by atoms with Gasteiger partial charge in [-0.1, -0.05) is 85.0 Å². The van der Waals surface area contributed by atoms with Gasteiger partial charge in [0.05, 0.1) is 12.8 Å². The van der Waals surface area contributed by atoms with E-state index in [4.69, 9.17) is 9.73 Å². The van der Waals surface area contributed by atoms with Crippen LogP contribution in [0.4, 0.5) is 0 Å². The number of carbonyl (C=O) groups excluding carboxylic acids is 1. The van der Waals surface area contributed by atoms with E-state index in [1.165, 1.54) is 7.11 Å². The second-order valence-corrected chi connectivity index (χ2v) is 5.89. The molecule has 1 aliphatic carbocycles. The van der Waals surface area contributed by atoms with Crippen LogP contribution in [0.5, 0.6) is 0 Å². The van der Waals surface area contributed by atoms with Gasteiger partial charge in [-0.15, -0.1) is 0 Å². The van der Waals surface area contributed by atoms with E-state index in [1.807, 2.05) is 78.9 Å². The Labute approximate surface area is 148 Å². The van der Waals surface area contributed by atoms with Crippen LogP contribution >= 0.6 is 0 Å². The highest BCUT2D eigenvalue weighted by Gasteiger charge is 2.28. The van der Waals surface area contributed by atoms with E-state index in [9.17, 15) is 4.79 Å². The first-order valence-corrected chi connectivity index (χ1v) is 8.39. The standard InChI is InChI=1S/C22H21NO2/c1-25-22(24)21(19-15-9-4-10-16-19)23-20(17-11-5-2-6-12-17)18-13-7-3-8-14-18/h2-15,19,21H,16H2,1H3/t19-,21?/m0/s1. The van der Waals surface area contributed by atoms with E-state index in [1.54, 1.807) is 0 Å². The molecule has 0 aliphatic heterocycles.